The second kappa shape index (κ2) is 7.66. The van der Waals surface area contributed by atoms with E-state index in [9.17, 15) is 0 Å². The Morgan fingerprint density at radius 3 is 2.58 bits per heavy atom. The highest BCUT2D eigenvalue weighted by Crippen LogP contribution is 2.24. The molecule has 1 aromatic carbocycles. The minimum Gasteiger partial charge on any atom is -0.313 e. The van der Waals surface area contributed by atoms with E-state index in [0.717, 1.165) is 6.54 Å². The van der Waals surface area contributed by atoms with Crippen molar-refractivity contribution in [1.29, 1.82) is 0 Å². The Morgan fingerprint density at radius 2 is 2.00 bits per heavy atom. The first kappa shape index (κ1) is 14.5. The number of hydrogen-bond acceptors (Lipinski definition) is 2. The molecule has 0 aliphatic carbocycles. The highest BCUT2D eigenvalue weighted by molar-refractivity contribution is 5.19. The number of nitrogens with one attached hydrogen (secondary N) is 1. The fourth-order valence-corrected chi connectivity index (χ4v) is 3.22. The van der Waals surface area contributed by atoms with E-state index in [4.69, 9.17) is 0 Å². The van der Waals surface area contributed by atoms with Gasteiger partial charge in [-0.25, -0.2) is 0 Å². The summed E-state index contributed by atoms with van der Waals surface area (Å²) in [6.07, 6.45) is 5.25. The fourth-order valence-electron chi connectivity index (χ4n) is 3.22. The molecule has 0 aromatic heterocycles. The van der Waals surface area contributed by atoms with Gasteiger partial charge in [0.15, 0.2) is 0 Å². The summed E-state index contributed by atoms with van der Waals surface area (Å²) in [6, 6.07) is 12.2. The van der Waals surface area contributed by atoms with Crippen LogP contribution in [0.2, 0.25) is 0 Å². The Hall–Kier alpha value is -0.860. The van der Waals surface area contributed by atoms with Gasteiger partial charge in [0.05, 0.1) is 0 Å². The molecule has 0 radical (unpaired) electrons. The van der Waals surface area contributed by atoms with E-state index in [2.05, 4.69) is 54.4 Å². The zero-order valence-electron chi connectivity index (χ0n) is 12.4. The van der Waals surface area contributed by atoms with E-state index in [-0.39, 0.29) is 0 Å². The Bertz CT molecular complexity index is 344. The molecule has 0 saturated carbocycles. The predicted molar refractivity (Wildman–Crippen MR) is 82.4 cm³/mol. The van der Waals surface area contributed by atoms with Crippen LogP contribution < -0.4 is 5.32 Å². The molecule has 1 heterocycles. The van der Waals surface area contributed by atoms with E-state index in [1.807, 2.05) is 0 Å². The van der Waals surface area contributed by atoms with Crippen molar-refractivity contribution in [3.63, 3.8) is 0 Å². The summed E-state index contributed by atoms with van der Waals surface area (Å²) >= 11 is 0. The van der Waals surface area contributed by atoms with Crippen molar-refractivity contribution in [2.75, 3.05) is 19.6 Å². The van der Waals surface area contributed by atoms with Gasteiger partial charge in [-0.2, -0.15) is 0 Å². The number of piperidine rings is 1. The first-order chi connectivity index (χ1) is 9.35. The summed E-state index contributed by atoms with van der Waals surface area (Å²) in [4.78, 5) is 2.64. The van der Waals surface area contributed by atoms with Gasteiger partial charge in [0, 0.05) is 18.6 Å². The molecule has 2 nitrogen and oxygen atoms in total. The first-order valence-corrected chi connectivity index (χ1v) is 7.87. The van der Waals surface area contributed by atoms with Gasteiger partial charge in [0.25, 0.3) is 0 Å². The second-order valence-corrected chi connectivity index (χ2v) is 5.57. The van der Waals surface area contributed by atoms with Crippen LogP contribution in [-0.4, -0.2) is 30.6 Å². The largest absolute Gasteiger partial charge is 0.313 e. The summed E-state index contributed by atoms with van der Waals surface area (Å²) in [5.41, 5.74) is 1.46. The topological polar surface area (TPSA) is 15.3 Å². The van der Waals surface area contributed by atoms with E-state index in [1.54, 1.807) is 0 Å². The van der Waals surface area contributed by atoms with Crippen LogP contribution in [0.4, 0.5) is 0 Å². The Kier molecular flexibility index (Phi) is 5.87. The van der Waals surface area contributed by atoms with Crippen molar-refractivity contribution >= 4 is 0 Å². The normalized spacial score (nSPS) is 21.5. The zero-order chi connectivity index (χ0) is 13.5. The van der Waals surface area contributed by atoms with Gasteiger partial charge in [0.2, 0.25) is 0 Å². The molecule has 19 heavy (non-hydrogen) atoms. The highest BCUT2D eigenvalue weighted by Gasteiger charge is 2.21. The third-order valence-electron chi connectivity index (χ3n) is 4.29. The molecule has 0 bridgehead atoms. The molecule has 1 N–H and O–H groups in total. The van der Waals surface area contributed by atoms with Gasteiger partial charge in [-0.1, -0.05) is 50.6 Å². The minimum absolute atomic E-state index is 0.565. The molecule has 1 aliphatic heterocycles. The molecule has 2 rings (SSSR count). The van der Waals surface area contributed by atoms with Crippen molar-refractivity contribution in [2.45, 2.75) is 51.6 Å². The van der Waals surface area contributed by atoms with E-state index in [1.165, 1.54) is 44.3 Å². The van der Waals surface area contributed by atoms with Crippen LogP contribution in [0.15, 0.2) is 30.3 Å². The minimum atomic E-state index is 0.565. The van der Waals surface area contributed by atoms with Gasteiger partial charge in [-0.15, -0.1) is 0 Å². The quantitative estimate of drug-likeness (QED) is 0.840. The first-order valence-electron chi connectivity index (χ1n) is 7.87. The van der Waals surface area contributed by atoms with Crippen molar-refractivity contribution in [3.05, 3.63) is 35.9 Å². The molecule has 1 saturated heterocycles. The highest BCUT2D eigenvalue weighted by atomic mass is 15.2. The molecule has 0 amide bonds. The van der Waals surface area contributed by atoms with Crippen molar-refractivity contribution < 1.29 is 0 Å². The lowest BCUT2D eigenvalue weighted by Crippen LogP contribution is -2.44. The van der Waals surface area contributed by atoms with Crippen LogP contribution in [-0.2, 0) is 0 Å². The monoisotopic (exact) mass is 260 g/mol. The van der Waals surface area contributed by atoms with Crippen LogP contribution >= 0.6 is 0 Å². The lowest BCUT2D eigenvalue weighted by molar-refractivity contribution is 0.170. The maximum Gasteiger partial charge on any atom is 0.0346 e. The van der Waals surface area contributed by atoms with Gasteiger partial charge >= 0.3 is 0 Å². The van der Waals surface area contributed by atoms with Gasteiger partial charge in [0.1, 0.15) is 0 Å². The summed E-state index contributed by atoms with van der Waals surface area (Å²) in [6.45, 7) is 8.10. The van der Waals surface area contributed by atoms with E-state index >= 15 is 0 Å². The summed E-state index contributed by atoms with van der Waals surface area (Å²) in [5, 5.41) is 3.67. The lowest BCUT2D eigenvalue weighted by Gasteiger charge is -2.35. The van der Waals surface area contributed by atoms with E-state index in [0.29, 0.717) is 12.1 Å². The molecule has 2 atom stereocenters. The summed E-state index contributed by atoms with van der Waals surface area (Å²) in [7, 11) is 0. The van der Waals surface area contributed by atoms with Gasteiger partial charge < -0.3 is 5.32 Å². The number of rotatable bonds is 6. The Labute approximate surface area is 118 Å². The van der Waals surface area contributed by atoms with Crippen LogP contribution in [0, 0.1) is 0 Å². The standard InChI is InChI=1S/C17H28N2/c1-3-17(15-10-6-5-7-11-15)19(4-2)14-16-12-8-9-13-18-16/h5-7,10-11,16-18H,3-4,8-9,12-14H2,1-2H3. The van der Waals surface area contributed by atoms with Crippen molar-refractivity contribution in [2.24, 2.45) is 0 Å². The molecule has 1 aliphatic rings. The predicted octanol–water partition coefficient (Wildman–Crippen LogP) is 3.60. The molecule has 2 heteroatoms. The number of benzene rings is 1. The Balaban J connectivity index is 2.01. The molecule has 2 unspecified atom stereocenters. The summed E-state index contributed by atoms with van der Waals surface area (Å²) in [5.74, 6) is 0. The van der Waals surface area contributed by atoms with Gasteiger partial charge in [-0.3, -0.25) is 4.90 Å². The summed E-state index contributed by atoms with van der Waals surface area (Å²) < 4.78 is 0. The molecule has 106 valence electrons. The molecular weight excluding hydrogens is 232 g/mol. The molecular formula is C17H28N2. The maximum absolute atomic E-state index is 3.67. The van der Waals surface area contributed by atoms with Crippen LogP contribution in [0.3, 0.4) is 0 Å². The average Bonchev–Trinajstić information content (AvgIpc) is 2.49. The third kappa shape index (κ3) is 4.05. The van der Waals surface area contributed by atoms with E-state index < -0.39 is 0 Å². The average molecular weight is 260 g/mol. The lowest BCUT2D eigenvalue weighted by atomic mass is 9.99. The van der Waals surface area contributed by atoms with Gasteiger partial charge in [-0.05, 0) is 37.9 Å². The molecule has 0 spiro atoms. The third-order valence-corrected chi connectivity index (χ3v) is 4.29. The number of likely N-dealkylation sites (N-methyl/N-ethyl adjacent to an activating group) is 1. The molecule has 1 aromatic rings. The van der Waals surface area contributed by atoms with Crippen molar-refractivity contribution in [1.82, 2.24) is 10.2 Å². The number of hydrogen-bond donors (Lipinski definition) is 1. The SMILES string of the molecule is CCC(c1ccccc1)N(CC)CC1CCCCN1. The van der Waals surface area contributed by atoms with Crippen LogP contribution in [0.5, 0.6) is 0 Å². The van der Waals surface area contributed by atoms with Crippen LogP contribution in [0.1, 0.15) is 51.1 Å². The fraction of sp³-hybridized carbons (Fsp3) is 0.647. The smallest absolute Gasteiger partial charge is 0.0346 e. The zero-order valence-corrected chi connectivity index (χ0v) is 12.4. The maximum atomic E-state index is 3.67. The van der Waals surface area contributed by atoms with Crippen molar-refractivity contribution in [3.8, 4) is 0 Å². The number of nitrogens with zero attached hydrogens (tertiary/aromatic N) is 1. The Morgan fingerprint density at radius 1 is 1.21 bits per heavy atom. The van der Waals surface area contributed by atoms with Crippen LogP contribution in [0.25, 0.3) is 0 Å². The second-order valence-electron chi connectivity index (χ2n) is 5.57. The molecule has 1 fully saturated rings.